The average Bonchev–Trinajstić information content (AvgIpc) is 3.29. The van der Waals surface area contributed by atoms with Crippen LogP contribution in [0.3, 0.4) is 0 Å². The van der Waals surface area contributed by atoms with Gasteiger partial charge in [-0.2, -0.15) is 0 Å². The Balaban J connectivity index is 0.000000318. The van der Waals surface area contributed by atoms with Crippen molar-refractivity contribution in [2.45, 2.75) is 25.0 Å². The van der Waals surface area contributed by atoms with Gasteiger partial charge in [-0.25, -0.2) is 9.59 Å². The number of benzene rings is 3. The predicted octanol–water partition coefficient (Wildman–Crippen LogP) is 5.49. The Labute approximate surface area is 211 Å². The third-order valence-electron chi connectivity index (χ3n) is 5.34. The van der Waals surface area contributed by atoms with Gasteiger partial charge in [-0.3, -0.25) is 4.79 Å². The van der Waals surface area contributed by atoms with E-state index in [-0.39, 0.29) is 24.1 Å². The second-order valence-corrected chi connectivity index (χ2v) is 7.65. The number of methoxy groups -OCH3 is 1. The predicted molar refractivity (Wildman–Crippen MR) is 138 cm³/mol. The second kappa shape index (κ2) is 14.6. The standard InChI is InChI=1S/C20H18O4.C8H8O2.C2H2/c1-14-11-18(12-19(14)23-13-21)24-20(22)17-9-7-16(8-10-17)15-5-3-2-4-6-15;1-10-8(9)7-5-3-2-4-6-7;1-2/h2-10,13,18-19H,1,11-12H2;2-6H,1H3;1-2H/t18-,19-;;/m1../s1. The molecule has 0 aliphatic heterocycles. The first-order valence-electron chi connectivity index (χ1n) is 11.1. The van der Waals surface area contributed by atoms with Gasteiger partial charge in [-0.1, -0.05) is 67.2 Å². The topological polar surface area (TPSA) is 78.9 Å². The average molecular weight is 485 g/mol. The lowest BCUT2D eigenvalue weighted by molar-refractivity contribution is -0.132. The van der Waals surface area contributed by atoms with Crippen LogP contribution >= 0.6 is 0 Å². The molecule has 0 heterocycles. The van der Waals surface area contributed by atoms with Crippen molar-refractivity contribution in [3.05, 3.63) is 108 Å². The summed E-state index contributed by atoms with van der Waals surface area (Å²) in [7, 11) is 1.37. The molecule has 1 aliphatic carbocycles. The zero-order valence-electron chi connectivity index (χ0n) is 20.0. The molecule has 4 rings (SSSR count). The fraction of sp³-hybridized carbons (Fsp3) is 0.167. The third kappa shape index (κ3) is 8.00. The van der Waals surface area contributed by atoms with E-state index in [2.05, 4.69) is 24.2 Å². The molecular formula is C30H28O6. The number of carbonyl (C=O) groups is 3. The summed E-state index contributed by atoms with van der Waals surface area (Å²) in [5, 5.41) is 0. The number of hydrogen-bond donors (Lipinski definition) is 0. The van der Waals surface area contributed by atoms with Crippen LogP contribution in [0.1, 0.15) is 33.6 Å². The summed E-state index contributed by atoms with van der Waals surface area (Å²) in [4.78, 5) is 33.5. The lowest BCUT2D eigenvalue weighted by atomic mass is 10.0. The lowest BCUT2D eigenvalue weighted by Gasteiger charge is -2.12. The Bertz CT molecular complexity index is 1150. The molecule has 0 unspecified atom stereocenters. The van der Waals surface area contributed by atoms with Gasteiger partial charge in [0, 0.05) is 12.8 Å². The van der Waals surface area contributed by atoms with Crippen LogP contribution in [0.5, 0.6) is 0 Å². The Morgan fingerprint density at radius 1 is 0.833 bits per heavy atom. The van der Waals surface area contributed by atoms with E-state index < -0.39 is 0 Å². The first-order chi connectivity index (χ1) is 17.5. The van der Waals surface area contributed by atoms with Crippen LogP contribution in [0.4, 0.5) is 0 Å². The maximum Gasteiger partial charge on any atom is 0.338 e. The summed E-state index contributed by atoms with van der Waals surface area (Å²) in [6, 6.07) is 26.1. The van der Waals surface area contributed by atoms with E-state index in [1.165, 1.54) is 7.11 Å². The van der Waals surface area contributed by atoms with E-state index in [0.717, 1.165) is 16.7 Å². The van der Waals surface area contributed by atoms with E-state index in [0.29, 0.717) is 30.4 Å². The summed E-state index contributed by atoms with van der Waals surface area (Å²) in [6.07, 6.45) is 8.32. The number of terminal acetylenes is 1. The summed E-state index contributed by atoms with van der Waals surface area (Å²) in [5.41, 5.74) is 4.00. The Morgan fingerprint density at radius 3 is 1.92 bits per heavy atom. The van der Waals surface area contributed by atoms with E-state index in [1.807, 2.05) is 48.5 Å². The Kier molecular flexibility index (Phi) is 11.2. The molecule has 0 N–H and O–H groups in total. The van der Waals surface area contributed by atoms with Gasteiger partial charge in [-0.05, 0) is 41.0 Å². The van der Waals surface area contributed by atoms with Crippen molar-refractivity contribution in [3.8, 4) is 24.0 Å². The quantitative estimate of drug-likeness (QED) is 0.151. The highest BCUT2D eigenvalue weighted by Gasteiger charge is 2.32. The molecule has 1 saturated carbocycles. The van der Waals surface area contributed by atoms with E-state index in [1.54, 1.807) is 36.4 Å². The molecule has 184 valence electrons. The normalized spacial score (nSPS) is 15.7. The summed E-state index contributed by atoms with van der Waals surface area (Å²) in [6.45, 7) is 4.26. The largest absolute Gasteiger partial charge is 0.465 e. The fourth-order valence-electron chi connectivity index (χ4n) is 3.56. The molecule has 3 aromatic carbocycles. The molecule has 1 fully saturated rings. The number of hydrogen-bond acceptors (Lipinski definition) is 6. The van der Waals surface area contributed by atoms with Gasteiger partial charge in [0.15, 0.2) is 0 Å². The summed E-state index contributed by atoms with van der Waals surface area (Å²) in [5.74, 6) is -0.667. The van der Waals surface area contributed by atoms with Gasteiger partial charge in [0.2, 0.25) is 0 Å². The molecule has 0 radical (unpaired) electrons. The molecule has 6 heteroatoms. The molecule has 0 spiro atoms. The highest BCUT2D eigenvalue weighted by Crippen LogP contribution is 2.29. The van der Waals surface area contributed by atoms with Crippen LogP contribution in [0, 0.1) is 12.8 Å². The van der Waals surface area contributed by atoms with Crippen molar-refractivity contribution in [1.82, 2.24) is 0 Å². The van der Waals surface area contributed by atoms with Crippen molar-refractivity contribution in [3.63, 3.8) is 0 Å². The highest BCUT2D eigenvalue weighted by atomic mass is 16.6. The monoisotopic (exact) mass is 484 g/mol. The van der Waals surface area contributed by atoms with Gasteiger partial charge < -0.3 is 14.2 Å². The molecule has 0 aromatic heterocycles. The first-order valence-corrected chi connectivity index (χ1v) is 11.1. The molecule has 6 nitrogen and oxygen atoms in total. The van der Waals surface area contributed by atoms with Gasteiger partial charge in [-0.15, -0.1) is 12.8 Å². The molecule has 0 bridgehead atoms. The van der Waals surface area contributed by atoms with Crippen LogP contribution in [-0.4, -0.2) is 37.7 Å². The van der Waals surface area contributed by atoms with Crippen LogP contribution in [0.15, 0.2) is 97.1 Å². The van der Waals surface area contributed by atoms with Gasteiger partial charge >= 0.3 is 11.9 Å². The van der Waals surface area contributed by atoms with Crippen molar-refractivity contribution in [2.75, 3.05) is 7.11 Å². The highest BCUT2D eigenvalue weighted by molar-refractivity contribution is 5.90. The molecular weight excluding hydrogens is 456 g/mol. The maximum absolute atomic E-state index is 12.3. The molecule has 1 aliphatic rings. The maximum atomic E-state index is 12.3. The minimum absolute atomic E-state index is 0.291. The van der Waals surface area contributed by atoms with Crippen molar-refractivity contribution in [1.29, 1.82) is 0 Å². The fourth-order valence-corrected chi connectivity index (χ4v) is 3.56. The van der Waals surface area contributed by atoms with Gasteiger partial charge in [0.25, 0.3) is 6.47 Å². The van der Waals surface area contributed by atoms with E-state index in [9.17, 15) is 14.4 Å². The molecule has 36 heavy (non-hydrogen) atoms. The minimum Gasteiger partial charge on any atom is -0.465 e. The van der Waals surface area contributed by atoms with Crippen LogP contribution in [0.2, 0.25) is 0 Å². The number of carbonyl (C=O) groups excluding carboxylic acids is 3. The van der Waals surface area contributed by atoms with Crippen LogP contribution in [-0.2, 0) is 19.0 Å². The molecule has 0 saturated heterocycles. The second-order valence-electron chi connectivity index (χ2n) is 7.65. The summed E-state index contributed by atoms with van der Waals surface area (Å²) < 4.78 is 14.9. The van der Waals surface area contributed by atoms with E-state index >= 15 is 0 Å². The van der Waals surface area contributed by atoms with Crippen molar-refractivity contribution >= 4 is 18.4 Å². The smallest absolute Gasteiger partial charge is 0.338 e. The number of ether oxygens (including phenoxy) is 3. The molecule has 2 atom stereocenters. The molecule has 0 amide bonds. The van der Waals surface area contributed by atoms with Crippen molar-refractivity contribution in [2.24, 2.45) is 0 Å². The zero-order valence-corrected chi connectivity index (χ0v) is 20.0. The Hall–Kier alpha value is -4.63. The summed E-state index contributed by atoms with van der Waals surface area (Å²) >= 11 is 0. The third-order valence-corrected chi connectivity index (χ3v) is 5.34. The van der Waals surface area contributed by atoms with Gasteiger partial charge in [0.05, 0.1) is 18.2 Å². The van der Waals surface area contributed by atoms with E-state index in [4.69, 9.17) is 9.47 Å². The SMILES string of the molecule is C#C.C=C1C[C@@H](OC(=O)c2ccc(-c3ccccc3)cc2)C[C@H]1OC=O.COC(=O)c1ccccc1. The van der Waals surface area contributed by atoms with Gasteiger partial charge in [0.1, 0.15) is 12.2 Å². The zero-order chi connectivity index (χ0) is 26.3. The number of esters is 2. The van der Waals surface area contributed by atoms with Crippen molar-refractivity contribution < 1.29 is 28.6 Å². The Morgan fingerprint density at radius 2 is 1.36 bits per heavy atom. The minimum atomic E-state index is -0.376. The number of rotatable bonds is 6. The van der Waals surface area contributed by atoms with Crippen LogP contribution in [0.25, 0.3) is 11.1 Å². The lowest BCUT2D eigenvalue weighted by Crippen LogP contribution is -2.17. The first kappa shape index (κ1) is 27.6. The molecule has 3 aromatic rings. The van der Waals surface area contributed by atoms with Crippen LogP contribution < -0.4 is 0 Å².